The second-order valence-electron chi connectivity index (χ2n) is 12.6. The van der Waals surface area contributed by atoms with Crippen molar-refractivity contribution in [3.63, 3.8) is 0 Å². The summed E-state index contributed by atoms with van der Waals surface area (Å²) in [4.78, 5) is 25.2. The monoisotopic (exact) mass is 565 g/mol. The van der Waals surface area contributed by atoms with Gasteiger partial charge >= 0.3 is 6.09 Å². The molecule has 0 saturated carbocycles. The van der Waals surface area contributed by atoms with E-state index in [-0.39, 0.29) is 34.4 Å². The van der Waals surface area contributed by atoms with Gasteiger partial charge in [-0.25, -0.2) is 19.2 Å². The van der Waals surface area contributed by atoms with E-state index in [4.69, 9.17) is 30.5 Å². The lowest BCUT2D eigenvalue weighted by molar-refractivity contribution is -0.199. The Bertz CT molecular complexity index is 1260. The van der Waals surface area contributed by atoms with Crippen LogP contribution in [0.5, 0.6) is 0 Å². The molecule has 4 aliphatic heterocycles. The van der Waals surface area contributed by atoms with Crippen LogP contribution in [-0.4, -0.2) is 91.8 Å². The Morgan fingerprint density at radius 1 is 1.15 bits per heavy atom. The molecule has 2 aromatic rings. The van der Waals surface area contributed by atoms with Gasteiger partial charge < -0.3 is 28.4 Å². The maximum absolute atomic E-state index is 14.9. The number of nitrogens with zero attached hydrogens (tertiary/aromatic N) is 5. The first-order chi connectivity index (χ1) is 18.4. The first-order valence-electron chi connectivity index (χ1n) is 13.8. The zero-order valence-electron chi connectivity index (χ0n) is 23.2. The van der Waals surface area contributed by atoms with Gasteiger partial charge in [-0.15, -0.1) is 0 Å². The summed E-state index contributed by atoms with van der Waals surface area (Å²) in [6.07, 6.45) is 4.64. The molecule has 0 N–H and O–H groups in total. The summed E-state index contributed by atoms with van der Waals surface area (Å²) in [7, 11) is 0. The van der Waals surface area contributed by atoms with Crippen molar-refractivity contribution in [2.45, 2.75) is 102 Å². The lowest BCUT2D eigenvalue weighted by Gasteiger charge is -2.46. The first kappa shape index (κ1) is 27.1. The summed E-state index contributed by atoms with van der Waals surface area (Å²) in [5.74, 6) is -1.31. The number of hydrogen-bond donors (Lipinski definition) is 0. The van der Waals surface area contributed by atoms with Gasteiger partial charge in [-0.1, -0.05) is 11.6 Å². The fourth-order valence-electron chi connectivity index (χ4n) is 6.72. The zero-order valence-corrected chi connectivity index (χ0v) is 23.9. The molecule has 4 saturated heterocycles. The summed E-state index contributed by atoms with van der Waals surface area (Å²) in [5.41, 5.74) is -0.157. The first-order valence-corrected chi connectivity index (χ1v) is 14.1. The molecule has 6 rings (SSSR count). The van der Waals surface area contributed by atoms with Crippen LogP contribution in [0.1, 0.15) is 66.5 Å². The van der Waals surface area contributed by atoms with Crippen molar-refractivity contribution < 1.29 is 28.1 Å². The van der Waals surface area contributed by atoms with Crippen LogP contribution in [0.2, 0.25) is 5.15 Å². The number of halogens is 2. The van der Waals surface area contributed by atoms with E-state index in [1.165, 1.54) is 12.5 Å². The van der Waals surface area contributed by atoms with Crippen molar-refractivity contribution in [3.05, 3.63) is 23.5 Å². The van der Waals surface area contributed by atoms with E-state index in [1.54, 1.807) is 4.57 Å². The Morgan fingerprint density at radius 3 is 2.59 bits per heavy atom. The number of carbonyl (C=O) groups is 1. The van der Waals surface area contributed by atoms with Crippen LogP contribution < -0.4 is 0 Å². The largest absolute Gasteiger partial charge is 0.444 e. The van der Waals surface area contributed by atoms with E-state index in [2.05, 4.69) is 14.9 Å². The minimum atomic E-state index is -0.800. The summed E-state index contributed by atoms with van der Waals surface area (Å²) in [6.45, 7) is 12.4. The van der Waals surface area contributed by atoms with E-state index >= 15 is 0 Å². The minimum absolute atomic E-state index is 0.00254. The Morgan fingerprint density at radius 2 is 1.87 bits per heavy atom. The van der Waals surface area contributed by atoms with E-state index in [9.17, 15) is 9.18 Å². The van der Waals surface area contributed by atoms with Crippen molar-refractivity contribution in [2.24, 2.45) is 0 Å². The van der Waals surface area contributed by atoms with E-state index < -0.39 is 29.5 Å². The second kappa shape index (κ2) is 9.51. The van der Waals surface area contributed by atoms with Gasteiger partial charge in [-0.2, -0.15) is 0 Å². The molecule has 0 aliphatic carbocycles. The molecule has 4 atom stereocenters. The lowest BCUT2D eigenvalue weighted by Crippen LogP contribution is -2.56. The molecule has 0 aromatic carbocycles. The van der Waals surface area contributed by atoms with Gasteiger partial charge in [0.2, 0.25) is 0 Å². The molecule has 0 unspecified atom stereocenters. The number of rotatable bonds is 3. The summed E-state index contributed by atoms with van der Waals surface area (Å²) in [5, 5.41) is 0.221. The van der Waals surface area contributed by atoms with Crippen LogP contribution >= 0.6 is 11.6 Å². The van der Waals surface area contributed by atoms with Gasteiger partial charge in [0.15, 0.2) is 17.8 Å². The van der Waals surface area contributed by atoms with Crippen LogP contribution in [-0.2, 0) is 18.9 Å². The molecular formula is C27H37ClFN5O5. The van der Waals surface area contributed by atoms with Gasteiger partial charge in [0, 0.05) is 31.4 Å². The minimum Gasteiger partial charge on any atom is -0.444 e. The van der Waals surface area contributed by atoms with Gasteiger partial charge in [0.05, 0.1) is 5.39 Å². The Balaban J connectivity index is 1.21. The molecular weight excluding hydrogens is 529 g/mol. The van der Waals surface area contributed by atoms with Crippen molar-refractivity contribution in [2.75, 3.05) is 26.2 Å². The number of ether oxygens (including phenoxy) is 4. The predicted octanol–water partition coefficient (Wildman–Crippen LogP) is 4.51. The maximum atomic E-state index is 14.9. The third-order valence-corrected chi connectivity index (χ3v) is 8.69. The zero-order chi connectivity index (χ0) is 27.7. The number of fused-ring (bicyclic) bond motifs is 2. The van der Waals surface area contributed by atoms with Crippen LogP contribution in [0.25, 0.3) is 11.0 Å². The second-order valence-corrected chi connectivity index (χ2v) is 13.0. The summed E-state index contributed by atoms with van der Waals surface area (Å²) < 4.78 is 41.4. The highest BCUT2D eigenvalue weighted by Crippen LogP contribution is 2.46. The van der Waals surface area contributed by atoms with E-state index in [0.717, 1.165) is 32.2 Å². The van der Waals surface area contributed by atoms with Gasteiger partial charge in [-0.3, -0.25) is 4.90 Å². The molecule has 4 fully saturated rings. The van der Waals surface area contributed by atoms with Gasteiger partial charge in [-0.05, 0) is 66.8 Å². The molecule has 6 heterocycles. The molecule has 39 heavy (non-hydrogen) atoms. The van der Waals surface area contributed by atoms with Crippen LogP contribution in [0, 0.1) is 5.82 Å². The van der Waals surface area contributed by atoms with Crippen molar-refractivity contribution in [1.82, 2.24) is 24.3 Å². The van der Waals surface area contributed by atoms with E-state index in [0.29, 0.717) is 25.3 Å². The standard InChI is InChI=1S/C27H37ClFN5O5/c1-25(2,3)39-24(35)32-11-8-27(9-12-32)7-6-10-33(27)14-17-19-20(38-26(4,5)37-19)23(36-17)34-13-16(29)18-21(28)30-15-31-22(18)34/h13,15,17,19-20,23H,6-12,14H2,1-5H3/t17-,19-,20-,23-/m1/s1. The van der Waals surface area contributed by atoms with E-state index in [1.807, 2.05) is 39.5 Å². The topological polar surface area (TPSA) is 91.2 Å². The number of amides is 1. The highest BCUT2D eigenvalue weighted by Gasteiger charge is 2.57. The van der Waals surface area contributed by atoms with Crippen LogP contribution in [0.4, 0.5) is 9.18 Å². The molecule has 10 nitrogen and oxygen atoms in total. The fourth-order valence-corrected chi connectivity index (χ4v) is 6.94. The molecule has 4 aliphatic rings. The van der Waals surface area contributed by atoms with Crippen molar-refractivity contribution in [1.29, 1.82) is 0 Å². The van der Waals surface area contributed by atoms with Gasteiger partial charge in [0.25, 0.3) is 0 Å². The highest BCUT2D eigenvalue weighted by atomic mass is 35.5. The molecule has 1 amide bonds. The Kier molecular flexibility index (Phi) is 6.62. The summed E-state index contributed by atoms with van der Waals surface area (Å²) in [6, 6.07) is 0. The Labute approximate surface area is 232 Å². The average Bonchev–Trinajstić information content (AvgIpc) is 3.56. The molecule has 0 radical (unpaired) electrons. The molecule has 0 bridgehead atoms. The number of aromatic nitrogens is 3. The Hall–Kier alpha value is -2.05. The number of likely N-dealkylation sites (tertiary alicyclic amines) is 2. The highest BCUT2D eigenvalue weighted by molar-refractivity contribution is 6.34. The number of piperidine rings is 1. The normalized spacial score (nSPS) is 30.4. The van der Waals surface area contributed by atoms with Crippen molar-refractivity contribution in [3.8, 4) is 0 Å². The number of hydrogen-bond acceptors (Lipinski definition) is 8. The number of carbonyl (C=O) groups excluding carboxylic acids is 1. The SMILES string of the molecule is CC(C)(C)OC(=O)N1CCC2(CCCN2C[C@H]2O[C@@H](n3cc(F)c4c(Cl)ncnc43)[C@@H]3OC(C)(C)O[C@@H]32)CC1. The smallest absolute Gasteiger partial charge is 0.410 e. The van der Waals surface area contributed by atoms with Gasteiger partial charge in [0.1, 0.15) is 41.0 Å². The lowest BCUT2D eigenvalue weighted by atomic mass is 9.84. The molecule has 12 heteroatoms. The quantitative estimate of drug-likeness (QED) is 0.502. The third-order valence-electron chi connectivity index (χ3n) is 8.40. The van der Waals surface area contributed by atoms with Crippen molar-refractivity contribution >= 4 is 28.7 Å². The molecule has 1 spiro atoms. The molecule has 214 valence electrons. The molecule has 2 aromatic heterocycles. The fraction of sp³-hybridized carbons (Fsp3) is 0.741. The predicted molar refractivity (Wildman–Crippen MR) is 141 cm³/mol. The van der Waals surface area contributed by atoms with Crippen LogP contribution in [0.3, 0.4) is 0 Å². The van der Waals surface area contributed by atoms with Crippen LogP contribution in [0.15, 0.2) is 12.5 Å². The average molecular weight is 566 g/mol. The summed E-state index contributed by atoms with van der Waals surface area (Å²) >= 11 is 6.18. The third kappa shape index (κ3) is 4.90. The maximum Gasteiger partial charge on any atom is 0.410 e.